The Kier molecular flexibility index (Phi) is 18.4. The van der Waals surface area contributed by atoms with Gasteiger partial charge in [0.15, 0.2) is 0 Å². The van der Waals surface area contributed by atoms with E-state index in [0.29, 0.717) is 6.42 Å². The Balaban J connectivity index is 1.79. The molecule has 0 aliphatic heterocycles. The van der Waals surface area contributed by atoms with Crippen LogP contribution in [0.25, 0.3) is 0 Å². The maximum atomic E-state index is 10.2. The Hall–Kier alpha value is -1.22. The van der Waals surface area contributed by atoms with E-state index in [0.717, 1.165) is 18.4 Å². The van der Waals surface area contributed by atoms with E-state index in [1.807, 2.05) is 0 Å². The molecule has 0 spiro atoms. The molecule has 1 unspecified atom stereocenters. The van der Waals surface area contributed by atoms with Crippen molar-refractivity contribution in [3.63, 3.8) is 0 Å². The van der Waals surface area contributed by atoms with Crippen LogP contribution in [-0.4, -0.2) is 21.4 Å². The van der Waals surface area contributed by atoms with E-state index in [4.69, 9.17) is 0 Å². The molecule has 0 radical (unpaired) electrons. The van der Waals surface area contributed by atoms with Crippen molar-refractivity contribution in [2.75, 3.05) is 0 Å². The summed E-state index contributed by atoms with van der Waals surface area (Å²) in [6.45, 7) is 2.28. The highest BCUT2D eigenvalue weighted by atomic mass is 16.3. The molecule has 1 atom stereocenters. The van der Waals surface area contributed by atoms with Gasteiger partial charge < -0.3 is 15.3 Å². The molecular formula is C29H52O3. The highest BCUT2D eigenvalue weighted by Crippen LogP contribution is 2.22. The van der Waals surface area contributed by atoms with E-state index >= 15 is 0 Å². The summed E-state index contributed by atoms with van der Waals surface area (Å²) in [4.78, 5) is 0. The van der Waals surface area contributed by atoms with Gasteiger partial charge in [0.2, 0.25) is 0 Å². The molecule has 0 saturated heterocycles. The van der Waals surface area contributed by atoms with E-state index in [1.54, 1.807) is 12.1 Å². The predicted molar refractivity (Wildman–Crippen MR) is 137 cm³/mol. The molecule has 0 aromatic heterocycles. The van der Waals surface area contributed by atoms with E-state index in [2.05, 4.69) is 6.92 Å². The Morgan fingerprint density at radius 1 is 0.531 bits per heavy atom. The minimum atomic E-state index is -0.401. The third kappa shape index (κ3) is 17.3. The van der Waals surface area contributed by atoms with Crippen molar-refractivity contribution in [3.8, 4) is 11.5 Å². The fourth-order valence-electron chi connectivity index (χ4n) is 4.61. The molecule has 0 aliphatic rings. The van der Waals surface area contributed by atoms with Crippen LogP contribution < -0.4 is 0 Å². The second-order valence-electron chi connectivity index (χ2n) is 9.87. The highest BCUT2D eigenvalue weighted by molar-refractivity contribution is 5.36. The summed E-state index contributed by atoms with van der Waals surface area (Å²) in [5, 5.41) is 29.2. The van der Waals surface area contributed by atoms with Crippen molar-refractivity contribution >= 4 is 0 Å². The number of rotatable bonds is 22. The van der Waals surface area contributed by atoms with Crippen molar-refractivity contribution in [1.82, 2.24) is 0 Å². The molecule has 1 aromatic rings. The average molecular weight is 449 g/mol. The van der Waals surface area contributed by atoms with Crippen LogP contribution in [0.1, 0.15) is 141 Å². The van der Waals surface area contributed by atoms with Crippen molar-refractivity contribution in [3.05, 3.63) is 23.8 Å². The van der Waals surface area contributed by atoms with Crippen LogP contribution in [0.5, 0.6) is 11.5 Å². The van der Waals surface area contributed by atoms with E-state index in [9.17, 15) is 15.3 Å². The number of aliphatic hydroxyl groups excluding tert-OH is 1. The second kappa shape index (κ2) is 20.4. The molecule has 0 fully saturated rings. The normalized spacial score (nSPS) is 12.3. The Labute approximate surface area is 198 Å². The summed E-state index contributed by atoms with van der Waals surface area (Å²) in [7, 11) is 0. The second-order valence-corrected chi connectivity index (χ2v) is 9.87. The number of hydrogen-bond donors (Lipinski definition) is 3. The Bertz CT molecular complexity index is 523. The van der Waals surface area contributed by atoms with Gasteiger partial charge in [0.1, 0.15) is 11.5 Å². The van der Waals surface area contributed by atoms with Gasteiger partial charge in [0, 0.05) is 6.07 Å². The maximum Gasteiger partial charge on any atom is 0.119 e. The van der Waals surface area contributed by atoms with E-state index in [1.165, 1.54) is 122 Å². The van der Waals surface area contributed by atoms with Crippen LogP contribution >= 0.6 is 0 Å². The number of hydrogen-bond acceptors (Lipinski definition) is 3. The van der Waals surface area contributed by atoms with Crippen LogP contribution in [0.4, 0.5) is 0 Å². The first-order valence-corrected chi connectivity index (χ1v) is 13.8. The summed E-state index contributed by atoms with van der Waals surface area (Å²) >= 11 is 0. The van der Waals surface area contributed by atoms with E-state index in [-0.39, 0.29) is 11.5 Å². The zero-order valence-corrected chi connectivity index (χ0v) is 21.0. The smallest absolute Gasteiger partial charge is 0.119 e. The van der Waals surface area contributed by atoms with Gasteiger partial charge in [-0.05, 0) is 30.5 Å². The summed E-state index contributed by atoms with van der Waals surface area (Å²) in [5.41, 5.74) is 0.785. The quantitative estimate of drug-likeness (QED) is 0.155. The van der Waals surface area contributed by atoms with Gasteiger partial charge in [0.25, 0.3) is 0 Å². The monoisotopic (exact) mass is 448 g/mol. The molecule has 0 aliphatic carbocycles. The topological polar surface area (TPSA) is 60.7 Å². The van der Waals surface area contributed by atoms with Crippen LogP contribution in [0.3, 0.4) is 0 Å². The number of phenols is 2. The minimum Gasteiger partial charge on any atom is -0.508 e. The van der Waals surface area contributed by atoms with Crippen LogP contribution in [0, 0.1) is 0 Å². The molecule has 3 heteroatoms. The fourth-order valence-corrected chi connectivity index (χ4v) is 4.61. The largest absolute Gasteiger partial charge is 0.508 e. The van der Waals surface area contributed by atoms with Gasteiger partial charge in [0.05, 0.1) is 6.10 Å². The SMILES string of the molecule is CCCCCCCCCCCCCCCCCCCCCC(O)Cc1cc(O)cc(O)c1. The molecule has 0 amide bonds. The first-order valence-electron chi connectivity index (χ1n) is 13.8. The molecule has 1 rings (SSSR count). The van der Waals surface area contributed by atoms with Crippen molar-refractivity contribution in [2.45, 2.75) is 148 Å². The molecule has 3 N–H and O–H groups in total. The van der Waals surface area contributed by atoms with Gasteiger partial charge in [-0.3, -0.25) is 0 Å². The highest BCUT2D eigenvalue weighted by Gasteiger charge is 2.07. The standard InChI is InChI=1S/C29H52O3/c1-2-3-4-5-6-7-8-9-10-11-12-13-14-15-16-17-18-19-20-21-27(30)22-26-23-28(31)25-29(32)24-26/h23-25,27,30-32H,2-22H2,1H3. The average Bonchev–Trinajstić information content (AvgIpc) is 2.74. The molecule has 0 heterocycles. The van der Waals surface area contributed by atoms with E-state index < -0.39 is 6.10 Å². The molecule has 186 valence electrons. The molecule has 0 bridgehead atoms. The molecule has 0 saturated carbocycles. The molecule has 1 aromatic carbocycles. The number of aliphatic hydroxyl groups is 1. The van der Waals surface area contributed by atoms with Gasteiger partial charge in [-0.1, -0.05) is 129 Å². The van der Waals surface area contributed by atoms with Crippen molar-refractivity contribution in [1.29, 1.82) is 0 Å². The number of unbranched alkanes of at least 4 members (excludes halogenated alkanes) is 18. The summed E-state index contributed by atoms with van der Waals surface area (Å²) in [6.07, 6.45) is 26.9. The van der Waals surface area contributed by atoms with Gasteiger partial charge in [-0.15, -0.1) is 0 Å². The summed E-state index contributed by atoms with van der Waals surface area (Å²) in [5.74, 6) is 0.103. The van der Waals surface area contributed by atoms with Gasteiger partial charge in [-0.2, -0.15) is 0 Å². The van der Waals surface area contributed by atoms with Crippen LogP contribution in [-0.2, 0) is 6.42 Å². The van der Waals surface area contributed by atoms with Crippen molar-refractivity contribution in [2.24, 2.45) is 0 Å². The lowest BCUT2D eigenvalue weighted by Crippen LogP contribution is -2.10. The molecule has 3 nitrogen and oxygen atoms in total. The third-order valence-electron chi connectivity index (χ3n) is 6.57. The first kappa shape index (κ1) is 28.8. The number of phenolic OH excluding ortho intramolecular Hbond substituents is 2. The lowest BCUT2D eigenvalue weighted by atomic mass is 10.0. The fraction of sp³-hybridized carbons (Fsp3) is 0.793. The molecule has 32 heavy (non-hydrogen) atoms. The lowest BCUT2D eigenvalue weighted by Gasteiger charge is -2.11. The summed E-state index contributed by atoms with van der Waals surface area (Å²) < 4.78 is 0. The molecular weight excluding hydrogens is 396 g/mol. The lowest BCUT2D eigenvalue weighted by molar-refractivity contribution is 0.160. The van der Waals surface area contributed by atoms with Crippen molar-refractivity contribution < 1.29 is 15.3 Å². The number of aromatic hydroxyl groups is 2. The van der Waals surface area contributed by atoms with Gasteiger partial charge in [-0.25, -0.2) is 0 Å². The van der Waals surface area contributed by atoms with Crippen LogP contribution in [0.2, 0.25) is 0 Å². The third-order valence-corrected chi connectivity index (χ3v) is 6.57. The Morgan fingerprint density at radius 3 is 1.25 bits per heavy atom. The predicted octanol–water partition coefficient (Wildman–Crippen LogP) is 8.82. The minimum absolute atomic E-state index is 0.0516. The maximum absolute atomic E-state index is 10.2. The zero-order chi connectivity index (χ0) is 23.3. The Morgan fingerprint density at radius 2 is 0.875 bits per heavy atom. The zero-order valence-electron chi connectivity index (χ0n) is 21.0. The number of benzene rings is 1. The van der Waals surface area contributed by atoms with Gasteiger partial charge >= 0.3 is 0 Å². The summed E-state index contributed by atoms with van der Waals surface area (Å²) in [6, 6.07) is 4.53. The first-order chi connectivity index (χ1) is 15.6. The van der Waals surface area contributed by atoms with Crippen LogP contribution in [0.15, 0.2) is 18.2 Å².